The summed E-state index contributed by atoms with van der Waals surface area (Å²) in [5.41, 5.74) is 4.33. The Morgan fingerprint density at radius 1 is 0.971 bits per heavy atom. The first-order valence-electron chi connectivity index (χ1n) is 12.1. The number of amides is 2. The number of hydrogen-bond donors (Lipinski definition) is 3. The van der Waals surface area contributed by atoms with Crippen molar-refractivity contribution in [3.05, 3.63) is 59.7 Å². The predicted octanol–water partition coefficient (Wildman–Crippen LogP) is 3.53. The van der Waals surface area contributed by atoms with Gasteiger partial charge in [0.25, 0.3) is 0 Å². The summed E-state index contributed by atoms with van der Waals surface area (Å²) in [4.78, 5) is 36.4. The van der Waals surface area contributed by atoms with Crippen molar-refractivity contribution < 1.29 is 24.2 Å². The van der Waals surface area contributed by atoms with Crippen LogP contribution in [0.2, 0.25) is 0 Å². The summed E-state index contributed by atoms with van der Waals surface area (Å²) in [6, 6.07) is 16.4. The molecule has 0 saturated heterocycles. The Hall–Kier alpha value is -3.35. The fraction of sp³-hybridized carbons (Fsp3) is 0.444. The molecule has 6 rings (SSSR count). The minimum absolute atomic E-state index is 0.00498. The standard InChI is InChI=1S/C27H28N2O5/c30-24(31)22-9-15(22)13-28-25(32)27-11-16(27)10-17(12-27)29-26(33)34-14-23-20-7-3-1-5-18(20)19-6-2-4-8-21(19)23/h1-8,15-17,22-23H,9-14H2,(H,28,32)(H,29,33)(H,30,31)/t15-,16-,17+,22-,27+/m0/s1. The smallest absolute Gasteiger partial charge is 0.407 e. The van der Waals surface area contributed by atoms with Gasteiger partial charge in [-0.15, -0.1) is 0 Å². The van der Waals surface area contributed by atoms with E-state index in [4.69, 9.17) is 9.84 Å². The van der Waals surface area contributed by atoms with E-state index < -0.39 is 17.5 Å². The van der Waals surface area contributed by atoms with Crippen molar-refractivity contribution in [1.29, 1.82) is 0 Å². The third-order valence-corrected chi connectivity index (χ3v) is 8.29. The average molecular weight is 461 g/mol. The molecule has 3 saturated carbocycles. The quantitative estimate of drug-likeness (QED) is 0.586. The zero-order valence-electron chi connectivity index (χ0n) is 18.8. The fourth-order valence-electron chi connectivity index (χ4n) is 6.27. The van der Waals surface area contributed by atoms with E-state index in [0.29, 0.717) is 19.4 Å². The van der Waals surface area contributed by atoms with Crippen LogP contribution in [-0.4, -0.2) is 42.3 Å². The molecule has 2 aromatic rings. The second kappa shape index (κ2) is 7.86. The molecule has 2 aromatic carbocycles. The van der Waals surface area contributed by atoms with Gasteiger partial charge in [0.05, 0.1) is 11.3 Å². The Morgan fingerprint density at radius 2 is 1.65 bits per heavy atom. The van der Waals surface area contributed by atoms with Gasteiger partial charge in [-0.2, -0.15) is 0 Å². The number of hydrogen-bond acceptors (Lipinski definition) is 4. The molecule has 0 aliphatic heterocycles. The van der Waals surface area contributed by atoms with Crippen molar-refractivity contribution in [3.8, 4) is 11.1 Å². The number of rotatable bonds is 7. The molecule has 4 aliphatic rings. The first-order valence-corrected chi connectivity index (χ1v) is 12.1. The molecule has 0 bridgehead atoms. The van der Waals surface area contributed by atoms with E-state index in [-0.39, 0.29) is 42.2 Å². The van der Waals surface area contributed by atoms with Crippen LogP contribution in [0.5, 0.6) is 0 Å². The molecule has 2 amide bonds. The van der Waals surface area contributed by atoms with Crippen molar-refractivity contribution in [1.82, 2.24) is 10.6 Å². The van der Waals surface area contributed by atoms with Crippen LogP contribution in [0, 0.1) is 23.2 Å². The van der Waals surface area contributed by atoms with Crippen molar-refractivity contribution in [2.24, 2.45) is 23.2 Å². The van der Waals surface area contributed by atoms with Gasteiger partial charge in [-0.1, -0.05) is 48.5 Å². The van der Waals surface area contributed by atoms with E-state index in [1.54, 1.807) is 0 Å². The second-order valence-electron chi connectivity index (χ2n) is 10.3. The molecule has 0 radical (unpaired) electrons. The van der Waals surface area contributed by atoms with Gasteiger partial charge < -0.3 is 20.5 Å². The minimum Gasteiger partial charge on any atom is -0.481 e. The number of aliphatic carboxylic acids is 1. The first kappa shape index (κ1) is 21.2. The van der Waals surface area contributed by atoms with Crippen LogP contribution in [0.15, 0.2) is 48.5 Å². The van der Waals surface area contributed by atoms with E-state index in [0.717, 1.165) is 12.8 Å². The lowest BCUT2D eigenvalue weighted by Gasteiger charge is -2.19. The maximum atomic E-state index is 12.8. The molecule has 176 valence electrons. The zero-order valence-corrected chi connectivity index (χ0v) is 18.8. The van der Waals surface area contributed by atoms with E-state index in [2.05, 4.69) is 34.9 Å². The molecule has 3 N–H and O–H groups in total. The summed E-state index contributed by atoms with van der Waals surface area (Å²) in [6.45, 7) is 0.697. The summed E-state index contributed by atoms with van der Waals surface area (Å²) in [6.07, 6.45) is 2.43. The monoisotopic (exact) mass is 460 g/mol. The number of nitrogens with one attached hydrogen (secondary N) is 2. The number of carbonyl (C=O) groups excluding carboxylic acids is 2. The Morgan fingerprint density at radius 3 is 2.29 bits per heavy atom. The largest absolute Gasteiger partial charge is 0.481 e. The maximum absolute atomic E-state index is 12.8. The molecule has 7 heteroatoms. The van der Waals surface area contributed by atoms with Gasteiger partial charge in [-0.3, -0.25) is 9.59 Å². The SMILES string of the molecule is O=C(N[C@@H]1C[C@H]2C[C@@]2(C(=O)NC[C@@H]2C[C@@H]2C(=O)O)C1)OCC1c2ccccc2-c2ccccc21. The van der Waals surface area contributed by atoms with E-state index in [1.165, 1.54) is 22.3 Å². The number of carboxylic acids is 1. The van der Waals surface area contributed by atoms with Crippen molar-refractivity contribution in [2.75, 3.05) is 13.2 Å². The van der Waals surface area contributed by atoms with Crippen LogP contribution in [-0.2, 0) is 14.3 Å². The summed E-state index contributed by atoms with van der Waals surface area (Å²) >= 11 is 0. The van der Waals surface area contributed by atoms with Gasteiger partial charge in [-0.25, -0.2) is 4.79 Å². The van der Waals surface area contributed by atoms with Crippen molar-refractivity contribution in [3.63, 3.8) is 0 Å². The summed E-state index contributed by atoms with van der Waals surface area (Å²) in [7, 11) is 0. The molecular formula is C27H28N2O5. The minimum atomic E-state index is -0.782. The van der Waals surface area contributed by atoms with Gasteiger partial charge in [0.1, 0.15) is 6.61 Å². The zero-order chi connectivity index (χ0) is 23.4. The van der Waals surface area contributed by atoms with Crippen LogP contribution in [0.1, 0.15) is 42.7 Å². The summed E-state index contributed by atoms with van der Waals surface area (Å²) in [5, 5.41) is 15.0. The fourth-order valence-corrected chi connectivity index (χ4v) is 6.27. The molecule has 0 unspecified atom stereocenters. The third-order valence-electron chi connectivity index (χ3n) is 8.29. The van der Waals surface area contributed by atoms with Gasteiger partial charge in [0, 0.05) is 18.5 Å². The van der Waals surface area contributed by atoms with Crippen LogP contribution in [0.3, 0.4) is 0 Å². The van der Waals surface area contributed by atoms with Crippen LogP contribution in [0.25, 0.3) is 11.1 Å². The number of ether oxygens (including phenoxy) is 1. The third kappa shape index (κ3) is 3.54. The number of carboxylic acid groups (broad SMARTS) is 1. The lowest BCUT2D eigenvalue weighted by atomic mass is 9.98. The van der Waals surface area contributed by atoms with Crippen molar-refractivity contribution >= 4 is 18.0 Å². The Bertz CT molecular complexity index is 1130. The normalized spacial score (nSPS) is 30.0. The first-order chi connectivity index (χ1) is 16.5. The highest BCUT2D eigenvalue weighted by Crippen LogP contribution is 2.63. The summed E-state index contributed by atoms with van der Waals surface area (Å²) < 4.78 is 5.66. The number of alkyl carbamates (subject to hydrolysis) is 1. The second-order valence-corrected chi connectivity index (χ2v) is 10.3. The topological polar surface area (TPSA) is 105 Å². The molecular weight excluding hydrogens is 432 g/mol. The van der Waals surface area contributed by atoms with E-state index >= 15 is 0 Å². The molecule has 3 fully saturated rings. The number of fused-ring (bicyclic) bond motifs is 4. The summed E-state index contributed by atoms with van der Waals surface area (Å²) in [5.74, 6) is -0.754. The molecule has 0 heterocycles. The van der Waals surface area contributed by atoms with Crippen LogP contribution in [0.4, 0.5) is 4.79 Å². The lowest BCUT2D eigenvalue weighted by Crippen LogP contribution is -2.38. The van der Waals surface area contributed by atoms with E-state index in [1.807, 2.05) is 24.3 Å². The van der Waals surface area contributed by atoms with Gasteiger partial charge in [0.15, 0.2) is 0 Å². The maximum Gasteiger partial charge on any atom is 0.407 e. The average Bonchev–Trinajstić information content (AvgIpc) is 3.70. The number of benzene rings is 2. The molecule has 34 heavy (non-hydrogen) atoms. The van der Waals surface area contributed by atoms with Crippen LogP contribution < -0.4 is 10.6 Å². The Labute approximate surface area is 197 Å². The predicted molar refractivity (Wildman–Crippen MR) is 124 cm³/mol. The van der Waals surface area contributed by atoms with Crippen molar-refractivity contribution in [2.45, 2.75) is 37.6 Å². The Balaban J connectivity index is 1.01. The van der Waals surface area contributed by atoms with Gasteiger partial charge in [0.2, 0.25) is 5.91 Å². The molecule has 4 aliphatic carbocycles. The van der Waals surface area contributed by atoms with Crippen LogP contribution >= 0.6 is 0 Å². The highest BCUT2D eigenvalue weighted by Gasteiger charge is 2.65. The molecule has 0 aromatic heterocycles. The van der Waals surface area contributed by atoms with Gasteiger partial charge >= 0.3 is 12.1 Å². The highest BCUT2D eigenvalue weighted by molar-refractivity contribution is 5.87. The molecule has 5 atom stereocenters. The Kier molecular flexibility index (Phi) is 4.90. The molecule has 7 nitrogen and oxygen atoms in total. The van der Waals surface area contributed by atoms with E-state index in [9.17, 15) is 14.4 Å². The molecule has 0 spiro atoms. The lowest BCUT2D eigenvalue weighted by molar-refractivity contribution is -0.139. The number of carbonyl (C=O) groups is 3. The highest BCUT2D eigenvalue weighted by atomic mass is 16.5. The van der Waals surface area contributed by atoms with Gasteiger partial charge in [-0.05, 0) is 59.8 Å².